The van der Waals surface area contributed by atoms with Gasteiger partial charge in [0.25, 0.3) is 5.56 Å². The van der Waals surface area contributed by atoms with Gasteiger partial charge < -0.3 is 9.84 Å². The molecule has 0 aliphatic carbocycles. The molecule has 1 N–H and O–H groups in total. The summed E-state index contributed by atoms with van der Waals surface area (Å²) in [5.74, 6) is 0.563. The number of methoxy groups -OCH3 is 1. The van der Waals surface area contributed by atoms with Gasteiger partial charge in [-0.3, -0.25) is 4.79 Å². The third-order valence-corrected chi connectivity index (χ3v) is 3.47. The van der Waals surface area contributed by atoms with Gasteiger partial charge in [-0.2, -0.15) is 5.10 Å². The zero-order chi connectivity index (χ0) is 15.8. The molecule has 1 heterocycles. The molecule has 0 saturated carbocycles. The van der Waals surface area contributed by atoms with Gasteiger partial charge in [-0.25, -0.2) is 4.68 Å². The van der Waals surface area contributed by atoms with Crippen LogP contribution in [0.5, 0.6) is 5.75 Å². The van der Waals surface area contributed by atoms with E-state index in [0.717, 1.165) is 5.56 Å². The summed E-state index contributed by atoms with van der Waals surface area (Å²) in [5.41, 5.74) is -0.00326. The van der Waals surface area contributed by atoms with E-state index in [0.29, 0.717) is 16.5 Å². The molecule has 0 radical (unpaired) electrons. The summed E-state index contributed by atoms with van der Waals surface area (Å²) in [6.45, 7) is 3.13. The molecular formula is C15H17ClN2O3. The van der Waals surface area contributed by atoms with Crippen LogP contribution in [0.3, 0.4) is 0 Å². The Hall–Kier alpha value is -1.85. The quantitative estimate of drug-likeness (QED) is 0.945. The van der Waals surface area contributed by atoms with Crippen LogP contribution in [0.1, 0.15) is 19.4 Å². The van der Waals surface area contributed by atoms with E-state index in [-0.39, 0.29) is 11.1 Å². The maximum Gasteiger partial charge on any atom is 0.272 e. The molecule has 0 saturated heterocycles. The number of hydrogen-bond donors (Lipinski definition) is 1. The summed E-state index contributed by atoms with van der Waals surface area (Å²) in [6, 6.07) is 6.82. The van der Waals surface area contributed by atoms with E-state index in [4.69, 9.17) is 16.3 Å². The molecule has 0 spiro atoms. The van der Waals surface area contributed by atoms with Crippen LogP contribution in [0.25, 0.3) is 11.3 Å². The first-order valence-corrected chi connectivity index (χ1v) is 6.77. The van der Waals surface area contributed by atoms with Crippen molar-refractivity contribution in [3.8, 4) is 17.0 Å². The van der Waals surface area contributed by atoms with E-state index >= 15 is 0 Å². The first-order chi connectivity index (χ1) is 9.74. The SMILES string of the molecule is COc1ccc(-c2cc(C(C)(C)O)c(=O)n(C)n2)cc1Cl. The number of aromatic nitrogens is 2. The predicted molar refractivity (Wildman–Crippen MR) is 81.7 cm³/mol. The van der Waals surface area contributed by atoms with Crippen molar-refractivity contribution in [3.05, 3.63) is 45.2 Å². The summed E-state index contributed by atoms with van der Waals surface area (Å²) in [7, 11) is 3.09. The van der Waals surface area contributed by atoms with Crippen molar-refractivity contribution < 1.29 is 9.84 Å². The number of halogens is 1. The Kier molecular flexibility index (Phi) is 4.07. The fourth-order valence-electron chi connectivity index (χ4n) is 2.01. The van der Waals surface area contributed by atoms with E-state index in [1.54, 1.807) is 45.2 Å². The standard InChI is InChI=1S/C15H17ClN2O3/c1-15(2,20)10-8-12(17-18(3)14(10)19)9-5-6-13(21-4)11(16)7-9/h5-8,20H,1-4H3. The number of rotatable bonds is 3. The van der Waals surface area contributed by atoms with E-state index in [2.05, 4.69) is 5.10 Å². The second-order valence-electron chi connectivity index (χ2n) is 5.28. The Labute approximate surface area is 127 Å². The maximum absolute atomic E-state index is 12.1. The van der Waals surface area contributed by atoms with Crippen LogP contribution >= 0.6 is 11.6 Å². The van der Waals surface area contributed by atoms with Gasteiger partial charge in [0.2, 0.25) is 0 Å². The highest BCUT2D eigenvalue weighted by atomic mass is 35.5. The van der Waals surface area contributed by atoms with E-state index in [9.17, 15) is 9.90 Å². The van der Waals surface area contributed by atoms with Gasteiger partial charge in [-0.05, 0) is 38.1 Å². The first kappa shape index (κ1) is 15.5. The fraction of sp³-hybridized carbons (Fsp3) is 0.333. The van der Waals surface area contributed by atoms with Crippen molar-refractivity contribution >= 4 is 11.6 Å². The fourth-order valence-corrected chi connectivity index (χ4v) is 2.27. The molecule has 0 amide bonds. The molecule has 0 bridgehead atoms. The van der Waals surface area contributed by atoms with Crippen LogP contribution in [-0.4, -0.2) is 22.0 Å². The molecule has 0 aliphatic rings. The minimum Gasteiger partial charge on any atom is -0.495 e. The molecule has 1 aromatic carbocycles. The summed E-state index contributed by atoms with van der Waals surface area (Å²) in [5, 5.41) is 14.8. The molecule has 2 rings (SSSR count). The van der Waals surface area contributed by atoms with Gasteiger partial charge in [0.1, 0.15) is 5.75 Å². The number of hydrogen-bond acceptors (Lipinski definition) is 4. The van der Waals surface area contributed by atoms with E-state index in [1.807, 2.05) is 0 Å². The number of ether oxygens (including phenoxy) is 1. The van der Waals surface area contributed by atoms with Crippen molar-refractivity contribution in [1.29, 1.82) is 0 Å². The van der Waals surface area contributed by atoms with Gasteiger partial charge >= 0.3 is 0 Å². The molecule has 1 aromatic heterocycles. The minimum atomic E-state index is -1.25. The highest BCUT2D eigenvalue weighted by Gasteiger charge is 2.22. The molecular weight excluding hydrogens is 292 g/mol. The predicted octanol–water partition coefficient (Wildman–Crippen LogP) is 2.34. The lowest BCUT2D eigenvalue weighted by Crippen LogP contribution is -2.32. The molecule has 2 aromatic rings. The third-order valence-electron chi connectivity index (χ3n) is 3.17. The van der Waals surface area contributed by atoms with Crippen LogP contribution in [-0.2, 0) is 12.6 Å². The van der Waals surface area contributed by atoms with Crippen LogP contribution in [0.2, 0.25) is 5.02 Å². The number of aryl methyl sites for hydroxylation is 1. The van der Waals surface area contributed by atoms with Crippen LogP contribution in [0.15, 0.2) is 29.1 Å². The Morgan fingerprint density at radius 1 is 1.33 bits per heavy atom. The van der Waals surface area contributed by atoms with Crippen molar-refractivity contribution in [3.63, 3.8) is 0 Å². The lowest BCUT2D eigenvalue weighted by Gasteiger charge is -2.18. The lowest BCUT2D eigenvalue weighted by molar-refractivity contribution is 0.0763. The Bertz CT molecular complexity index is 733. The second-order valence-corrected chi connectivity index (χ2v) is 5.69. The Morgan fingerprint density at radius 3 is 2.52 bits per heavy atom. The van der Waals surface area contributed by atoms with Gasteiger partial charge in [-0.15, -0.1) is 0 Å². The largest absolute Gasteiger partial charge is 0.495 e. The number of benzene rings is 1. The average molecular weight is 309 g/mol. The minimum absolute atomic E-state index is 0.280. The highest BCUT2D eigenvalue weighted by Crippen LogP contribution is 2.30. The summed E-state index contributed by atoms with van der Waals surface area (Å²) >= 11 is 6.11. The molecule has 0 atom stereocenters. The average Bonchev–Trinajstić information content (AvgIpc) is 2.40. The van der Waals surface area contributed by atoms with Crippen molar-refractivity contribution in [2.75, 3.05) is 7.11 Å². The molecule has 112 valence electrons. The Balaban J connectivity index is 2.63. The van der Waals surface area contributed by atoms with Gasteiger partial charge in [0, 0.05) is 12.6 Å². The topological polar surface area (TPSA) is 64.3 Å². The van der Waals surface area contributed by atoms with Gasteiger partial charge in [-0.1, -0.05) is 11.6 Å². The molecule has 21 heavy (non-hydrogen) atoms. The molecule has 0 fully saturated rings. The summed E-state index contributed by atoms with van der Waals surface area (Å²) in [4.78, 5) is 12.1. The van der Waals surface area contributed by atoms with Crippen molar-refractivity contribution in [2.24, 2.45) is 7.05 Å². The summed E-state index contributed by atoms with van der Waals surface area (Å²) < 4.78 is 6.32. The van der Waals surface area contributed by atoms with E-state index in [1.165, 1.54) is 11.8 Å². The highest BCUT2D eigenvalue weighted by molar-refractivity contribution is 6.32. The molecule has 0 unspecified atom stereocenters. The smallest absolute Gasteiger partial charge is 0.272 e. The van der Waals surface area contributed by atoms with Gasteiger partial charge in [0.05, 0.1) is 29.0 Å². The van der Waals surface area contributed by atoms with Crippen LogP contribution in [0, 0.1) is 0 Å². The summed E-state index contributed by atoms with van der Waals surface area (Å²) in [6.07, 6.45) is 0. The maximum atomic E-state index is 12.1. The second kappa shape index (κ2) is 5.50. The molecule has 6 heteroatoms. The Morgan fingerprint density at radius 2 is 2.00 bits per heavy atom. The monoisotopic (exact) mass is 308 g/mol. The third kappa shape index (κ3) is 3.09. The van der Waals surface area contributed by atoms with Crippen LogP contribution in [0.4, 0.5) is 0 Å². The number of aliphatic hydroxyl groups is 1. The zero-order valence-electron chi connectivity index (χ0n) is 12.3. The first-order valence-electron chi connectivity index (χ1n) is 6.39. The van der Waals surface area contributed by atoms with Crippen LogP contribution < -0.4 is 10.3 Å². The normalized spacial score (nSPS) is 11.5. The molecule has 5 nitrogen and oxygen atoms in total. The number of nitrogens with zero attached hydrogens (tertiary/aromatic N) is 2. The zero-order valence-corrected chi connectivity index (χ0v) is 13.1. The molecule has 0 aliphatic heterocycles. The lowest BCUT2D eigenvalue weighted by atomic mass is 9.98. The van der Waals surface area contributed by atoms with Crippen molar-refractivity contribution in [2.45, 2.75) is 19.4 Å². The van der Waals surface area contributed by atoms with Gasteiger partial charge in [0.15, 0.2) is 0 Å². The van der Waals surface area contributed by atoms with Crippen molar-refractivity contribution in [1.82, 2.24) is 9.78 Å². The van der Waals surface area contributed by atoms with E-state index < -0.39 is 5.60 Å².